The third-order valence-corrected chi connectivity index (χ3v) is 8.24. The van der Waals surface area contributed by atoms with E-state index in [1.807, 2.05) is 0 Å². The molecule has 2 aliphatic rings. The first-order chi connectivity index (χ1) is 19.6. The summed E-state index contributed by atoms with van der Waals surface area (Å²) in [6, 6.07) is 0. The summed E-state index contributed by atoms with van der Waals surface area (Å²) < 4.78 is 0. The highest BCUT2D eigenvalue weighted by atomic mass is 16.3. The molecule has 0 spiro atoms. The molecule has 0 aromatic heterocycles. The molecule has 2 heteroatoms. The average molecular weight is 569 g/mol. The van der Waals surface area contributed by atoms with Gasteiger partial charge in [-0.1, -0.05) is 146 Å². The lowest BCUT2D eigenvalue weighted by molar-refractivity contribution is 0.116. The maximum Gasteiger partial charge on any atom is 0.0585 e. The molecule has 2 aliphatic carbocycles. The molecule has 0 aliphatic heterocycles. The molecule has 2 atom stereocenters. The second kappa shape index (κ2) is 16.1. The predicted molar refractivity (Wildman–Crippen MR) is 184 cm³/mol. The van der Waals surface area contributed by atoms with E-state index < -0.39 is 0 Å². The van der Waals surface area contributed by atoms with Crippen LogP contribution in [0.1, 0.15) is 94.9 Å². The van der Waals surface area contributed by atoms with E-state index in [1.165, 1.54) is 44.6 Å². The van der Waals surface area contributed by atoms with Crippen molar-refractivity contribution in [2.24, 2.45) is 10.8 Å². The average Bonchev–Trinajstić information content (AvgIpc) is 2.84. The molecule has 2 nitrogen and oxygen atoms in total. The first-order valence-corrected chi connectivity index (χ1v) is 15.5. The van der Waals surface area contributed by atoms with Gasteiger partial charge in [0.1, 0.15) is 0 Å². The molecule has 0 aromatic carbocycles. The van der Waals surface area contributed by atoms with Gasteiger partial charge in [0.25, 0.3) is 0 Å². The zero-order chi connectivity index (χ0) is 31.5. The number of rotatable bonds is 10. The van der Waals surface area contributed by atoms with Gasteiger partial charge in [-0.15, -0.1) is 0 Å². The van der Waals surface area contributed by atoms with Crippen LogP contribution in [-0.2, 0) is 0 Å². The minimum Gasteiger partial charge on any atom is -0.393 e. The summed E-state index contributed by atoms with van der Waals surface area (Å²) >= 11 is 0. The van der Waals surface area contributed by atoms with Crippen molar-refractivity contribution in [1.82, 2.24) is 0 Å². The van der Waals surface area contributed by atoms with Gasteiger partial charge < -0.3 is 10.2 Å². The van der Waals surface area contributed by atoms with Crippen LogP contribution in [0.2, 0.25) is 0 Å². The summed E-state index contributed by atoms with van der Waals surface area (Å²) in [6.45, 7) is 21.6. The smallest absolute Gasteiger partial charge is 0.0585 e. The van der Waals surface area contributed by atoms with Gasteiger partial charge >= 0.3 is 0 Å². The largest absolute Gasteiger partial charge is 0.393 e. The van der Waals surface area contributed by atoms with E-state index in [4.69, 9.17) is 0 Å². The lowest BCUT2D eigenvalue weighted by atomic mass is 9.71. The number of hydrogen-bond acceptors (Lipinski definition) is 2. The van der Waals surface area contributed by atoms with E-state index in [0.717, 1.165) is 25.7 Å². The number of hydrogen-bond donors (Lipinski definition) is 2. The van der Waals surface area contributed by atoms with Gasteiger partial charge in [0.05, 0.1) is 12.2 Å². The second-order valence-corrected chi connectivity index (χ2v) is 13.7. The third-order valence-electron chi connectivity index (χ3n) is 8.24. The van der Waals surface area contributed by atoms with Crippen molar-refractivity contribution < 1.29 is 10.2 Å². The topological polar surface area (TPSA) is 40.5 Å². The number of allylic oxidation sites excluding steroid dienone is 20. The van der Waals surface area contributed by atoms with Gasteiger partial charge in [0, 0.05) is 0 Å². The van der Waals surface area contributed by atoms with Gasteiger partial charge in [-0.05, 0) is 89.2 Å². The summed E-state index contributed by atoms with van der Waals surface area (Å²) in [5, 5.41) is 20.2. The molecule has 228 valence electrons. The minimum atomic E-state index is -0.227. The van der Waals surface area contributed by atoms with E-state index in [1.54, 1.807) is 0 Å². The van der Waals surface area contributed by atoms with E-state index >= 15 is 0 Å². The first-order valence-electron chi connectivity index (χ1n) is 15.5. The minimum absolute atomic E-state index is 0.00547. The molecule has 0 amide bonds. The van der Waals surface area contributed by atoms with Crippen molar-refractivity contribution in [3.05, 3.63) is 130 Å². The summed E-state index contributed by atoms with van der Waals surface area (Å²) in [7, 11) is 0. The molecule has 0 bridgehead atoms. The van der Waals surface area contributed by atoms with Crippen molar-refractivity contribution >= 4 is 0 Å². The maximum absolute atomic E-state index is 10.1. The monoisotopic (exact) mass is 568 g/mol. The second-order valence-electron chi connectivity index (χ2n) is 13.7. The summed E-state index contributed by atoms with van der Waals surface area (Å²) in [5.74, 6) is 0. The molecule has 2 rings (SSSR count). The van der Waals surface area contributed by atoms with Crippen LogP contribution in [0, 0.1) is 10.8 Å². The van der Waals surface area contributed by atoms with Crippen LogP contribution in [0.25, 0.3) is 0 Å². The molecule has 0 aromatic rings. The normalized spacial score (nSPS) is 25.0. The molecule has 0 heterocycles. The van der Waals surface area contributed by atoms with E-state index in [-0.39, 0.29) is 23.0 Å². The molecular formula is C40H56O2. The van der Waals surface area contributed by atoms with Crippen LogP contribution in [0.5, 0.6) is 0 Å². The van der Waals surface area contributed by atoms with Crippen LogP contribution in [0.15, 0.2) is 130 Å². The highest BCUT2D eigenvalue weighted by Gasteiger charge is 2.32. The number of aliphatic hydroxyl groups is 2. The summed E-state index contributed by atoms with van der Waals surface area (Å²) in [6.07, 6.45) is 32.6. The van der Waals surface area contributed by atoms with Crippen molar-refractivity contribution in [3.8, 4) is 0 Å². The molecule has 42 heavy (non-hydrogen) atoms. The van der Waals surface area contributed by atoms with Gasteiger partial charge in [-0.2, -0.15) is 0 Å². The number of aliphatic hydroxyl groups excluding tert-OH is 2. The van der Waals surface area contributed by atoms with Crippen LogP contribution in [0.3, 0.4) is 0 Å². The molecule has 0 unspecified atom stereocenters. The highest BCUT2D eigenvalue weighted by Crippen LogP contribution is 2.42. The van der Waals surface area contributed by atoms with Crippen LogP contribution in [-0.4, -0.2) is 22.4 Å². The Labute approximate surface area is 257 Å². The standard InChI is InChI=1S/C40H56O2/c1-29(17-13-19-31(3)21-23-37-33(5)25-35(41)27-39(37,7)8)15-11-12-16-30(2)18-14-20-32(4)22-24-38-34(6)26-36(42)28-40(38,9)10/h11-24,35-36,41-42H,25-28H2,1-10H3/b12-11+,17-13-,18-14+,23-21+,24-22+,29-15-,30-16-,31-19-,32-20-/t35-,36+/m0/s1. The lowest BCUT2D eigenvalue weighted by Gasteiger charge is -2.35. The van der Waals surface area contributed by atoms with Crippen molar-refractivity contribution in [3.63, 3.8) is 0 Å². The maximum atomic E-state index is 10.1. The van der Waals surface area contributed by atoms with Crippen molar-refractivity contribution in [2.75, 3.05) is 0 Å². The highest BCUT2D eigenvalue weighted by molar-refractivity contribution is 5.39. The van der Waals surface area contributed by atoms with Gasteiger partial charge in [-0.3, -0.25) is 0 Å². The Kier molecular flexibility index (Phi) is 13.5. The fraction of sp³-hybridized carbons (Fsp3) is 0.450. The van der Waals surface area contributed by atoms with Crippen LogP contribution < -0.4 is 0 Å². The van der Waals surface area contributed by atoms with E-state index in [2.05, 4.69) is 154 Å². The Morgan fingerprint density at radius 3 is 1.19 bits per heavy atom. The summed E-state index contributed by atoms with van der Waals surface area (Å²) in [4.78, 5) is 0. The SMILES string of the molecule is CC1=C(/C=C/C(C)=C\C=C\C(C)=C/C=C/C=C(C)\C=C/C=C(C)\C=C\C2=C(C)C[C@H](O)CC2(C)C)C(C)(C)C[C@H](O)C1. The Morgan fingerprint density at radius 1 is 0.548 bits per heavy atom. The molecular weight excluding hydrogens is 512 g/mol. The molecule has 0 saturated heterocycles. The molecule has 2 N–H and O–H groups in total. The fourth-order valence-electron chi connectivity index (χ4n) is 6.13. The molecule has 0 radical (unpaired) electrons. The summed E-state index contributed by atoms with van der Waals surface area (Å²) in [5.41, 5.74) is 10.1. The third kappa shape index (κ3) is 11.7. The van der Waals surface area contributed by atoms with Crippen molar-refractivity contribution in [1.29, 1.82) is 0 Å². The van der Waals surface area contributed by atoms with Crippen LogP contribution in [0.4, 0.5) is 0 Å². The van der Waals surface area contributed by atoms with Gasteiger partial charge in [0.15, 0.2) is 0 Å². The first kappa shape index (κ1) is 35.3. The van der Waals surface area contributed by atoms with Gasteiger partial charge in [-0.25, -0.2) is 0 Å². The zero-order valence-electron chi connectivity index (χ0n) is 28.0. The predicted octanol–water partition coefficient (Wildman–Crippen LogP) is 10.5. The van der Waals surface area contributed by atoms with Crippen molar-refractivity contribution in [2.45, 2.75) is 107 Å². The fourth-order valence-corrected chi connectivity index (χ4v) is 6.13. The van der Waals surface area contributed by atoms with E-state index in [9.17, 15) is 10.2 Å². The quantitative estimate of drug-likeness (QED) is 0.257. The molecule has 0 fully saturated rings. The Hall–Kier alpha value is -2.94. The Balaban J connectivity index is 1.90. The van der Waals surface area contributed by atoms with Gasteiger partial charge in [0.2, 0.25) is 0 Å². The Morgan fingerprint density at radius 2 is 0.857 bits per heavy atom. The zero-order valence-corrected chi connectivity index (χ0v) is 28.0. The Bertz CT molecular complexity index is 1190. The van der Waals surface area contributed by atoms with Crippen LogP contribution >= 0.6 is 0 Å². The lowest BCUT2D eigenvalue weighted by Crippen LogP contribution is -2.28. The molecule has 0 saturated carbocycles. The van der Waals surface area contributed by atoms with E-state index in [0.29, 0.717) is 0 Å².